The van der Waals surface area contributed by atoms with E-state index in [1.807, 2.05) is 6.07 Å². The average Bonchev–Trinajstić information content (AvgIpc) is 2.87. The topological polar surface area (TPSA) is 30.5 Å². The van der Waals surface area contributed by atoms with Crippen LogP contribution in [-0.4, -0.2) is 24.3 Å². The molecule has 0 aromatic heterocycles. The van der Waals surface area contributed by atoms with Gasteiger partial charge >= 0.3 is 0 Å². The summed E-state index contributed by atoms with van der Waals surface area (Å²) in [7, 11) is 0. The van der Waals surface area contributed by atoms with E-state index < -0.39 is 0 Å². The van der Waals surface area contributed by atoms with Gasteiger partial charge in [-0.3, -0.25) is 0 Å². The van der Waals surface area contributed by atoms with Crippen molar-refractivity contribution in [3.05, 3.63) is 23.8 Å². The summed E-state index contributed by atoms with van der Waals surface area (Å²) < 4.78 is 10.8. The summed E-state index contributed by atoms with van der Waals surface area (Å²) in [6.45, 7) is 2.57. The summed E-state index contributed by atoms with van der Waals surface area (Å²) in [6, 6.07) is 7.26. The van der Waals surface area contributed by atoms with Crippen molar-refractivity contribution in [2.24, 2.45) is 0 Å². The molecule has 1 fully saturated rings. The van der Waals surface area contributed by atoms with E-state index in [9.17, 15) is 0 Å². The molecule has 1 unspecified atom stereocenters. The molecule has 0 bridgehead atoms. The molecule has 0 aliphatic carbocycles. The maximum atomic E-state index is 5.43. The summed E-state index contributed by atoms with van der Waals surface area (Å²) in [6.07, 6.45) is 2.55. The minimum atomic E-state index is 0.348. The largest absolute Gasteiger partial charge is 0.454 e. The standard InChI is InChI=1S/C14H19NO2S/c1-10(15-12-4-6-18-7-5-12)11-2-3-13-14(8-11)17-9-16-13/h2-3,8,10,12,15H,4-7,9H2,1H3. The summed E-state index contributed by atoms with van der Waals surface area (Å²) in [5.74, 6) is 4.30. The van der Waals surface area contributed by atoms with E-state index in [4.69, 9.17) is 9.47 Å². The lowest BCUT2D eigenvalue weighted by Gasteiger charge is -2.26. The van der Waals surface area contributed by atoms with Crippen molar-refractivity contribution in [1.29, 1.82) is 0 Å². The number of benzene rings is 1. The Morgan fingerprint density at radius 3 is 2.83 bits per heavy atom. The molecule has 98 valence electrons. The zero-order valence-electron chi connectivity index (χ0n) is 10.6. The molecule has 0 saturated carbocycles. The van der Waals surface area contributed by atoms with Crippen LogP contribution >= 0.6 is 11.8 Å². The molecule has 18 heavy (non-hydrogen) atoms. The molecule has 1 aromatic carbocycles. The molecule has 3 nitrogen and oxygen atoms in total. The van der Waals surface area contributed by atoms with Crippen molar-refractivity contribution < 1.29 is 9.47 Å². The van der Waals surface area contributed by atoms with Gasteiger partial charge in [0, 0.05) is 12.1 Å². The van der Waals surface area contributed by atoms with E-state index in [1.165, 1.54) is 29.9 Å². The Labute approximate surface area is 112 Å². The normalized spacial score (nSPS) is 20.9. The van der Waals surface area contributed by atoms with Crippen LogP contribution in [0.15, 0.2) is 18.2 Å². The number of thioether (sulfide) groups is 1. The van der Waals surface area contributed by atoms with Gasteiger partial charge in [-0.15, -0.1) is 0 Å². The molecule has 4 heteroatoms. The molecule has 0 radical (unpaired) electrons. The molecular formula is C14H19NO2S. The van der Waals surface area contributed by atoms with Gasteiger partial charge < -0.3 is 14.8 Å². The summed E-state index contributed by atoms with van der Waals surface area (Å²) in [4.78, 5) is 0. The monoisotopic (exact) mass is 265 g/mol. The SMILES string of the molecule is CC(NC1CCSCC1)c1ccc2c(c1)OCO2. The van der Waals surface area contributed by atoms with Crippen molar-refractivity contribution in [1.82, 2.24) is 5.32 Å². The fourth-order valence-corrected chi connectivity index (χ4v) is 3.60. The third-order valence-electron chi connectivity index (χ3n) is 3.60. The maximum absolute atomic E-state index is 5.43. The summed E-state index contributed by atoms with van der Waals surface area (Å²) in [5.41, 5.74) is 1.28. The number of rotatable bonds is 3. The number of hydrogen-bond donors (Lipinski definition) is 1. The molecule has 2 heterocycles. The first kappa shape index (κ1) is 12.2. The maximum Gasteiger partial charge on any atom is 0.231 e. The number of fused-ring (bicyclic) bond motifs is 1. The second-order valence-electron chi connectivity index (χ2n) is 4.89. The quantitative estimate of drug-likeness (QED) is 0.910. The van der Waals surface area contributed by atoms with Crippen LogP contribution in [0.4, 0.5) is 0 Å². The van der Waals surface area contributed by atoms with Crippen LogP contribution in [0.1, 0.15) is 31.4 Å². The van der Waals surface area contributed by atoms with E-state index in [0.29, 0.717) is 18.9 Å². The molecular weight excluding hydrogens is 246 g/mol. The van der Waals surface area contributed by atoms with Crippen LogP contribution in [0.2, 0.25) is 0 Å². The Bertz CT molecular complexity index is 418. The minimum Gasteiger partial charge on any atom is -0.454 e. The van der Waals surface area contributed by atoms with Gasteiger partial charge in [-0.05, 0) is 49.0 Å². The average molecular weight is 265 g/mol. The van der Waals surface area contributed by atoms with Crippen molar-refractivity contribution >= 4 is 11.8 Å². The predicted octanol–water partition coefficient (Wildman–Crippen LogP) is 2.96. The highest BCUT2D eigenvalue weighted by atomic mass is 32.2. The first-order valence-electron chi connectivity index (χ1n) is 6.56. The van der Waals surface area contributed by atoms with E-state index >= 15 is 0 Å². The van der Waals surface area contributed by atoms with Crippen molar-refractivity contribution in [2.45, 2.75) is 31.8 Å². The highest BCUT2D eigenvalue weighted by Gasteiger charge is 2.19. The van der Waals surface area contributed by atoms with Crippen molar-refractivity contribution in [3.8, 4) is 11.5 Å². The van der Waals surface area contributed by atoms with Crippen molar-refractivity contribution in [3.63, 3.8) is 0 Å². The third kappa shape index (κ3) is 2.59. The summed E-state index contributed by atoms with van der Waals surface area (Å²) in [5, 5.41) is 3.72. The zero-order valence-corrected chi connectivity index (χ0v) is 11.5. The lowest BCUT2D eigenvalue weighted by atomic mass is 10.0. The molecule has 0 spiro atoms. The molecule has 1 atom stereocenters. The first-order valence-corrected chi connectivity index (χ1v) is 7.72. The van der Waals surface area contributed by atoms with E-state index in [2.05, 4.69) is 36.1 Å². The third-order valence-corrected chi connectivity index (χ3v) is 4.65. The number of hydrogen-bond acceptors (Lipinski definition) is 4. The molecule has 1 saturated heterocycles. The number of ether oxygens (including phenoxy) is 2. The van der Waals surface area contributed by atoms with Gasteiger partial charge in [0.25, 0.3) is 0 Å². The van der Waals surface area contributed by atoms with Crippen LogP contribution in [0.25, 0.3) is 0 Å². The Hall–Kier alpha value is -0.870. The van der Waals surface area contributed by atoms with Gasteiger partial charge in [0.2, 0.25) is 6.79 Å². The van der Waals surface area contributed by atoms with Crippen LogP contribution in [0, 0.1) is 0 Å². The fraction of sp³-hybridized carbons (Fsp3) is 0.571. The first-order chi connectivity index (χ1) is 8.83. The van der Waals surface area contributed by atoms with Crippen LogP contribution in [-0.2, 0) is 0 Å². The fourth-order valence-electron chi connectivity index (χ4n) is 2.50. The zero-order chi connectivity index (χ0) is 12.4. The Kier molecular flexibility index (Phi) is 3.66. The lowest BCUT2D eigenvalue weighted by molar-refractivity contribution is 0.174. The smallest absolute Gasteiger partial charge is 0.231 e. The molecule has 0 amide bonds. The van der Waals surface area contributed by atoms with Gasteiger partial charge in [-0.25, -0.2) is 0 Å². The van der Waals surface area contributed by atoms with Gasteiger partial charge in [0.1, 0.15) is 0 Å². The van der Waals surface area contributed by atoms with E-state index in [1.54, 1.807) is 0 Å². The molecule has 1 N–H and O–H groups in total. The van der Waals surface area contributed by atoms with Gasteiger partial charge in [-0.1, -0.05) is 6.07 Å². The molecule has 1 aromatic rings. The Balaban J connectivity index is 1.66. The van der Waals surface area contributed by atoms with Gasteiger partial charge in [0.15, 0.2) is 11.5 Å². The highest BCUT2D eigenvalue weighted by molar-refractivity contribution is 7.99. The Morgan fingerprint density at radius 1 is 1.22 bits per heavy atom. The number of nitrogens with one attached hydrogen (secondary N) is 1. The van der Waals surface area contributed by atoms with E-state index in [0.717, 1.165) is 11.5 Å². The predicted molar refractivity (Wildman–Crippen MR) is 74.5 cm³/mol. The van der Waals surface area contributed by atoms with Crippen molar-refractivity contribution in [2.75, 3.05) is 18.3 Å². The van der Waals surface area contributed by atoms with Crippen LogP contribution in [0.5, 0.6) is 11.5 Å². The minimum absolute atomic E-state index is 0.348. The highest BCUT2D eigenvalue weighted by Crippen LogP contribution is 2.34. The summed E-state index contributed by atoms with van der Waals surface area (Å²) >= 11 is 2.06. The van der Waals surface area contributed by atoms with Gasteiger partial charge in [-0.2, -0.15) is 11.8 Å². The van der Waals surface area contributed by atoms with Crippen LogP contribution in [0.3, 0.4) is 0 Å². The second-order valence-corrected chi connectivity index (χ2v) is 6.11. The molecule has 3 rings (SSSR count). The lowest BCUT2D eigenvalue weighted by Crippen LogP contribution is -2.34. The Morgan fingerprint density at radius 2 is 2.00 bits per heavy atom. The molecule has 2 aliphatic heterocycles. The second kappa shape index (κ2) is 5.41. The van der Waals surface area contributed by atoms with E-state index in [-0.39, 0.29) is 0 Å². The molecule has 2 aliphatic rings. The van der Waals surface area contributed by atoms with Gasteiger partial charge in [0.05, 0.1) is 0 Å². The van der Waals surface area contributed by atoms with Crippen LogP contribution < -0.4 is 14.8 Å².